The molecule has 1 N–H and O–H groups in total. The van der Waals surface area contributed by atoms with Crippen LogP contribution in [0.4, 0.5) is 8.78 Å². The van der Waals surface area contributed by atoms with E-state index < -0.39 is 11.6 Å². The summed E-state index contributed by atoms with van der Waals surface area (Å²) in [5.74, 6) is -1.07. The second-order valence-electron chi connectivity index (χ2n) is 5.00. The van der Waals surface area contributed by atoms with Crippen molar-refractivity contribution in [2.75, 3.05) is 26.2 Å². The lowest BCUT2D eigenvalue weighted by Crippen LogP contribution is -2.45. The third-order valence-electron chi connectivity index (χ3n) is 3.64. The van der Waals surface area contributed by atoms with Gasteiger partial charge in [0.05, 0.1) is 10.4 Å². The SMILES string of the molecule is Fc1ccc([C@H](c2ccc(Cl)s2)N2CCNCC2)c(F)c1. The van der Waals surface area contributed by atoms with Crippen LogP contribution in [0.2, 0.25) is 4.34 Å². The van der Waals surface area contributed by atoms with Crippen LogP contribution in [0.3, 0.4) is 0 Å². The predicted molar refractivity (Wildman–Crippen MR) is 82.0 cm³/mol. The Morgan fingerprint density at radius 3 is 2.52 bits per heavy atom. The van der Waals surface area contributed by atoms with E-state index in [4.69, 9.17) is 11.6 Å². The molecule has 112 valence electrons. The summed E-state index contributed by atoms with van der Waals surface area (Å²) < 4.78 is 28.1. The van der Waals surface area contributed by atoms with Crippen LogP contribution in [0.1, 0.15) is 16.5 Å². The van der Waals surface area contributed by atoms with Crippen molar-refractivity contribution in [3.8, 4) is 0 Å². The normalized spacial score (nSPS) is 17.9. The summed E-state index contributed by atoms with van der Waals surface area (Å²) in [4.78, 5) is 3.18. The topological polar surface area (TPSA) is 15.3 Å². The Bertz CT molecular complexity index is 626. The van der Waals surface area contributed by atoms with E-state index >= 15 is 0 Å². The minimum atomic E-state index is -0.556. The maximum atomic E-state index is 14.2. The van der Waals surface area contributed by atoms with Crippen LogP contribution in [0.15, 0.2) is 30.3 Å². The van der Waals surface area contributed by atoms with Crippen LogP contribution in [0.5, 0.6) is 0 Å². The van der Waals surface area contributed by atoms with E-state index in [1.54, 1.807) is 0 Å². The number of rotatable bonds is 3. The van der Waals surface area contributed by atoms with Gasteiger partial charge in [-0.15, -0.1) is 11.3 Å². The quantitative estimate of drug-likeness (QED) is 0.924. The van der Waals surface area contributed by atoms with Crippen molar-refractivity contribution in [2.24, 2.45) is 0 Å². The fourth-order valence-electron chi connectivity index (χ4n) is 2.67. The van der Waals surface area contributed by atoms with Crippen molar-refractivity contribution < 1.29 is 8.78 Å². The first-order valence-electron chi connectivity index (χ1n) is 6.80. The lowest BCUT2D eigenvalue weighted by Gasteiger charge is -2.34. The minimum Gasteiger partial charge on any atom is -0.314 e. The van der Waals surface area contributed by atoms with E-state index in [0.717, 1.165) is 37.1 Å². The molecule has 6 heteroatoms. The van der Waals surface area contributed by atoms with Gasteiger partial charge in [-0.1, -0.05) is 17.7 Å². The average Bonchev–Trinajstić information content (AvgIpc) is 2.89. The Morgan fingerprint density at radius 2 is 1.90 bits per heavy atom. The zero-order valence-corrected chi connectivity index (χ0v) is 12.9. The van der Waals surface area contributed by atoms with Gasteiger partial charge in [-0.3, -0.25) is 4.90 Å². The van der Waals surface area contributed by atoms with Crippen LogP contribution < -0.4 is 5.32 Å². The van der Waals surface area contributed by atoms with Gasteiger partial charge in [-0.05, 0) is 18.2 Å². The van der Waals surface area contributed by atoms with E-state index in [1.165, 1.54) is 23.5 Å². The van der Waals surface area contributed by atoms with E-state index in [2.05, 4.69) is 10.2 Å². The highest BCUT2D eigenvalue weighted by Gasteiger charge is 2.27. The molecule has 0 unspecified atom stereocenters. The third-order valence-corrected chi connectivity index (χ3v) is 4.92. The molecule has 1 fully saturated rings. The molecular formula is C15H15ClF2N2S. The Labute approximate surface area is 131 Å². The summed E-state index contributed by atoms with van der Waals surface area (Å²) in [6, 6.07) is 7.30. The summed E-state index contributed by atoms with van der Waals surface area (Å²) in [7, 11) is 0. The van der Waals surface area contributed by atoms with Crippen LogP contribution in [0.25, 0.3) is 0 Å². The van der Waals surface area contributed by atoms with Gasteiger partial charge in [0.2, 0.25) is 0 Å². The molecule has 0 aliphatic carbocycles. The molecule has 0 bridgehead atoms. The van der Waals surface area contributed by atoms with Gasteiger partial charge < -0.3 is 5.32 Å². The van der Waals surface area contributed by atoms with E-state index in [0.29, 0.717) is 9.90 Å². The lowest BCUT2D eigenvalue weighted by atomic mass is 10.0. The van der Waals surface area contributed by atoms with Crippen molar-refractivity contribution in [3.05, 3.63) is 56.7 Å². The van der Waals surface area contributed by atoms with E-state index in [9.17, 15) is 8.78 Å². The predicted octanol–water partition coefficient (Wildman–Crippen LogP) is 3.67. The second kappa shape index (κ2) is 6.40. The molecular weight excluding hydrogens is 314 g/mol. The van der Waals surface area contributed by atoms with Crippen LogP contribution >= 0.6 is 22.9 Å². The first-order chi connectivity index (χ1) is 10.1. The number of nitrogens with one attached hydrogen (secondary N) is 1. The second-order valence-corrected chi connectivity index (χ2v) is 6.74. The molecule has 1 saturated heterocycles. The standard InChI is InChI=1S/C15H15ClF2N2S/c16-14-4-3-13(21-14)15(20-7-5-19-6-8-20)11-2-1-10(17)9-12(11)18/h1-4,9,15,19H,5-8H2/t15-/m1/s1. The monoisotopic (exact) mass is 328 g/mol. The first kappa shape index (κ1) is 14.9. The Hall–Kier alpha value is -1.01. The summed E-state index contributed by atoms with van der Waals surface area (Å²) in [5.41, 5.74) is 0.497. The Morgan fingerprint density at radius 1 is 1.14 bits per heavy atom. The first-order valence-corrected chi connectivity index (χ1v) is 7.99. The summed E-state index contributed by atoms with van der Waals surface area (Å²) >= 11 is 7.47. The molecule has 0 amide bonds. The van der Waals surface area contributed by atoms with Crippen molar-refractivity contribution >= 4 is 22.9 Å². The van der Waals surface area contributed by atoms with Crippen LogP contribution in [0, 0.1) is 11.6 Å². The lowest BCUT2D eigenvalue weighted by molar-refractivity contribution is 0.197. The number of hydrogen-bond acceptors (Lipinski definition) is 3. The van der Waals surface area contributed by atoms with Gasteiger partial charge >= 0.3 is 0 Å². The van der Waals surface area contributed by atoms with Crippen molar-refractivity contribution in [1.29, 1.82) is 0 Å². The highest BCUT2D eigenvalue weighted by Crippen LogP contribution is 2.36. The van der Waals surface area contributed by atoms with Gasteiger partial charge in [-0.25, -0.2) is 8.78 Å². The van der Waals surface area contributed by atoms with Crippen LogP contribution in [-0.2, 0) is 0 Å². The largest absolute Gasteiger partial charge is 0.314 e. The maximum Gasteiger partial charge on any atom is 0.131 e. The van der Waals surface area contributed by atoms with E-state index in [-0.39, 0.29) is 6.04 Å². The van der Waals surface area contributed by atoms with Gasteiger partial charge in [0.15, 0.2) is 0 Å². The molecule has 0 radical (unpaired) electrons. The number of nitrogens with zero attached hydrogens (tertiary/aromatic N) is 1. The molecule has 2 heterocycles. The molecule has 3 rings (SSSR count). The minimum absolute atomic E-state index is 0.217. The van der Waals surface area contributed by atoms with Crippen molar-refractivity contribution in [1.82, 2.24) is 10.2 Å². The molecule has 1 aliphatic heterocycles. The molecule has 1 aromatic heterocycles. The highest BCUT2D eigenvalue weighted by atomic mass is 35.5. The zero-order valence-electron chi connectivity index (χ0n) is 11.3. The summed E-state index contributed by atoms with van der Waals surface area (Å²) in [6.07, 6.45) is 0. The van der Waals surface area contributed by atoms with Crippen LogP contribution in [-0.4, -0.2) is 31.1 Å². The highest BCUT2D eigenvalue weighted by molar-refractivity contribution is 7.16. The number of thiophene rings is 1. The molecule has 1 atom stereocenters. The Balaban J connectivity index is 2.02. The molecule has 0 spiro atoms. The summed E-state index contributed by atoms with van der Waals surface area (Å²) in [6.45, 7) is 3.35. The average molecular weight is 329 g/mol. The fourth-order valence-corrected chi connectivity index (χ4v) is 3.88. The molecule has 1 aromatic carbocycles. The number of piperazine rings is 1. The van der Waals surface area contributed by atoms with Gasteiger partial charge in [-0.2, -0.15) is 0 Å². The number of benzene rings is 1. The molecule has 1 aliphatic rings. The van der Waals surface area contributed by atoms with Gasteiger partial charge in [0.1, 0.15) is 11.6 Å². The fraction of sp³-hybridized carbons (Fsp3) is 0.333. The van der Waals surface area contributed by atoms with Gasteiger partial charge in [0, 0.05) is 42.7 Å². The summed E-state index contributed by atoms with van der Waals surface area (Å²) in [5, 5.41) is 3.28. The molecule has 21 heavy (non-hydrogen) atoms. The number of hydrogen-bond donors (Lipinski definition) is 1. The number of halogens is 3. The third kappa shape index (κ3) is 3.26. The Kier molecular flexibility index (Phi) is 4.54. The van der Waals surface area contributed by atoms with E-state index in [1.807, 2.05) is 12.1 Å². The maximum absolute atomic E-state index is 14.2. The van der Waals surface area contributed by atoms with Gasteiger partial charge in [0.25, 0.3) is 0 Å². The van der Waals surface area contributed by atoms with Crippen molar-refractivity contribution in [2.45, 2.75) is 6.04 Å². The molecule has 2 aromatic rings. The van der Waals surface area contributed by atoms with Crippen molar-refractivity contribution in [3.63, 3.8) is 0 Å². The molecule has 2 nitrogen and oxygen atoms in total. The molecule has 0 saturated carbocycles. The smallest absolute Gasteiger partial charge is 0.131 e. The zero-order chi connectivity index (χ0) is 14.8.